The highest BCUT2D eigenvalue weighted by Crippen LogP contribution is 2.68. The number of hydrogen-bond acceptors (Lipinski definition) is 20. The summed E-state index contributed by atoms with van der Waals surface area (Å²) in [5.41, 5.74) is 4.28. The Kier molecular flexibility index (Phi) is 11.5. The molecule has 8 aliphatic carbocycles. The molecule has 9 N–H and O–H groups in total. The minimum atomic E-state index is -1.44. The number of ketones is 3. The lowest BCUT2D eigenvalue weighted by Gasteiger charge is -2.63. The molecule has 4 saturated heterocycles. The van der Waals surface area contributed by atoms with Gasteiger partial charge in [-0.3, -0.25) is 24.2 Å². The highest BCUT2D eigenvalue weighted by Gasteiger charge is 2.77. The number of rotatable bonds is 1. The number of phenolic OH excluding ortho intramolecular Hbond substituents is 4. The fraction of sp³-hybridized carbons (Fsp3) is 0.522. The summed E-state index contributed by atoms with van der Waals surface area (Å²) in [4.78, 5) is 46.4. The summed E-state index contributed by atoms with van der Waals surface area (Å²) < 4.78 is 23.9. The number of hydrogen-bond donors (Lipinski definition) is 9. The molecule has 8 aliphatic heterocycles. The Hall–Kier alpha value is -6.85. The predicted octanol–water partition coefficient (Wildman–Crippen LogP) is 2.49. The van der Waals surface area contributed by atoms with Crippen LogP contribution in [0.3, 0.4) is 0 Å². The maximum absolute atomic E-state index is 12.6. The third kappa shape index (κ3) is 6.43. The van der Waals surface area contributed by atoms with Gasteiger partial charge in [-0.05, 0) is 182 Å². The zero-order valence-corrected chi connectivity index (χ0v) is 50.1. The molecule has 4 aromatic rings. The van der Waals surface area contributed by atoms with E-state index < -0.39 is 57.5 Å². The summed E-state index contributed by atoms with van der Waals surface area (Å²) in [5, 5.41) is 96.1. The van der Waals surface area contributed by atoms with Crippen LogP contribution >= 0.6 is 0 Å². The van der Waals surface area contributed by atoms with E-state index in [1.807, 2.05) is 51.5 Å². The Morgan fingerprint density at radius 1 is 0.506 bits per heavy atom. The quantitative estimate of drug-likeness (QED) is 0.132. The number of carbonyl (C=O) groups excluding carboxylic acids is 3. The fourth-order valence-electron chi connectivity index (χ4n) is 21.3. The molecule has 0 radical (unpaired) electrons. The van der Waals surface area contributed by atoms with E-state index in [4.69, 9.17) is 18.9 Å². The molecule has 4 aromatic carbocycles. The number of likely N-dealkylation sites (N-methyl/N-ethyl adjacent to an activating group) is 4. The van der Waals surface area contributed by atoms with E-state index >= 15 is 0 Å². The van der Waals surface area contributed by atoms with Crippen molar-refractivity contribution in [3.05, 3.63) is 128 Å². The number of ether oxygens (including phenoxy) is 4. The van der Waals surface area contributed by atoms with Gasteiger partial charge in [0.15, 0.2) is 81.7 Å². The monoisotopic (exact) mass is 1210 g/mol. The van der Waals surface area contributed by atoms with Crippen molar-refractivity contribution in [3.63, 3.8) is 0 Å². The third-order valence-electron chi connectivity index (χ3n) is 25.3. The molecule has 20 rings (SSSR count). The van der Waals surface area contributed by atoms with E-state index in [0.29, 0.717) is 80.5 Å². The Labute approximate surface area is 513 Å². The van der Waals surface area contributed by atoms with Gasteiger partial charge in [-0.1, -0.05) is 36.4 Å². The van der Waals surface area contributed by atoms with Gasteiger partial charge in [0.2, 0.25) is 0 Å². The maximum Gasteiger partial charge on any atom is 0.196 e. The first-order valence-corrected chi connectivity index (χ1v) is 31.6. The van der Waals surface area contributed by atoms with Crippen molar-refractivity contribution >= 4 is 17.3 Å². The summed E-state index contributed by atoms with van der Waals surface area (Å²) in [6, 6.07) is 14.4. The Bertz CT molecular complexity index is 3970. The van der Waals surface area contributed by atoms with Crippen LogP contribution in [-0.4, -0.2) is 215 Å². The molecule has 20 heteroatoms. The number of phenols is 4. The molecule has 0 amide bonds. The van der Waals surface area contributed by atoms with Gasteiger partial charge in [0.05, 0.1) is 40.0 Å². The minimum absolute atomic E-state index is 0.000780. The Morgan fingerprint density at radius 2 is 0.989 bits per heavy atom. The highest BCUT2D eigenvalue weighted by atomic mass is 16.5. The number of Topliss-reactive ketones (excluding diaryl/α,β-unsaturated/α-hetero) is 2. The molecule has 89 heavy (non-hydrogen) atoms. The zero-order valence-electron chi connectivity index (χ0n) is 50.1. The number of aromatic hydroxyl groups is 4. The molecule has 6 fully saturated rings. The Morgan fingerprint density at radius 3 is 1.62 bits per heavy atom. The molecular formula is C69H74N4O16. The molecule has 8 bridgehead atoms. The molecule has 2 saturated carbocycles. The van der Waals surface area contributed by atoms with Gasteiger partial charge in [-0.15, -0.1) is 0 Å². The van der Waals surface area contributed by atoms with Crippen molar-refractivity contribution in [2.45, 2.75) is 164 Å². The van der Waals surface area contributed by atoms with Crippen LogP contribution in [0.2, 0.25) is 0 Å². The van der Waals surface area contributed by atoms with E-state index in [9.17, 15) is 60.3 Å². The van der Waals surface area contributed by atoms with Gasteiger partial charge in [0.25, 0.3) is 0 Å². The van der Waals surface area contributed by atoms with Gasteiger partial charge in [-0.2, -0.15) is 0 Å². The van der Waals surface area contributed by atoms with E-state index in [-0.39, 0.29) is 83.0 Å². The first kappa shape index (κ1) is 56.2. The summed E-state index contributed by atoms with van der Waals surface area (Å²) in [5.74, 6) is 1.84. The SMILES string of the molecule is CN1CC[C@@]23C4=CC=C(CO)[C@@H]2Oc2c(O)ccc(c23)C[C@H]41.CN1CC[C@]23c4c5ccc(O)c4O[C@H]2C(=O)C=C[C@@]3(O)[C@H]1C5.CN1CC[C@]23c4c5ccc(O)c4O[C@H]2C(=O)CC(O)[C@@]3(O)[C@H]1C5.CN1CC[C@]23c4c5ccc(O)c4O[C@H]2C(=O)CC[C@@]3(O)[C@H]1C5. The standard InChI is InChI=1S/C18H19NO3.C17H19NO5.C17H19NO4.C17H17NO4/c1-19-7-6-18-12-4-2-11(9-20)17(18)22-16-14(21)5-3-10(15(16)18)8-13(12)19;1-18-5-4-16-13-8-2-3-9(19)14(13)23-15(16)10(20)7-12(21)17(16,22)11(18)6-8;2*1-18-7-6-16-13-9-2-3-10(19)14(13)22-15(16)11(20)4-5-17(16,21)12(18)8-9/h2-5,13,17,20-21H,6-9H2,1H3;2-3,11-12,15,19,21-22H,4-7H2,1H3;2-3,12,15,19,21H,4-8H2,1H3;2-5,12,15,19,21H,6-8H2,1H3/t13-,17+,18+;11-,12?,15+,16+,17+;2*12-,15+,16+,17-/m1111/s1. The molecule has 466 valence electrons. The molecule has 0 aromatic heterocycles. The normalized spacial score (nSPS) is 40.5. The first-order chi connectivity index (χ1) is 42.5. The van der Waals surface area contributed by atoms with E-state index in [2.05, 4.69) is 32.7 Å². The van der Waals surface area contributed by atoms with Crippen molar-refractivity contribution in [1.82, 2.24) is 19.6 Å². The van der Waals surface area contributed by atoms with Crippen LogP contribution in [0.5, 0.6) is 46.0 Å². The predicted molar refractivity (Wildman–Crippen MR) is 318 cm³/mol. The van der Waals surface area contributed by atoms with E-state index in [0.717, 1.165) is 77.9 Å². The van der Waals surface area contributed by atoms with Crippen molar-refractivity contribution in [1.29, 1.82) is 0 Å². The lowest BCUT2D eigenvalue weighted by molar-refractivity contribution is -0.226. The highest BCUT2D eigenvalue weighted by molar-refractivity contribution is 5.99. The van der Waals surface area contributed by atoms with Gasteiger partial charge in [0.1, 0.15) is 17.3 Å². The zero-order chi connectivity index (χ0) is 61.8. The van der Waals surface area contributed by atoms with Crippen molar-refractivity contribution in [2.24, 2.45) is 0 Å². The van der Waals surface area contributed by atoms with Crippen molar-refractivity contribution < 1.29 is 79.3 Å². The van der Waals surface area contributed by atoms with Crippen LogP contribution in [-0.2, 0) is 61.7 Å². The van der Waals surface area contributed by atoms with Crippen LogP contribution in [0.15, 0.2) is 84.0 Å². The summed E-state index contributed by atoms with van der Waals surface area (Å²) in [7, 11) is 8.18. The van der Waals surface area contributed by atoms with E-state index in [1.165, 1.54) is 22.8 Å². The molecule has 1 unspecified atom stereocenters. The number of likely N-dealkylation sites (tertiary alicyclic amines) is 4. The average molecular weight is 1220 g/mol. The molecule has 20 nitrogen and oxygen atoms in total. The second-order valence-corrected chi connectivity index (χ2v) is 28.5. The van der Waals surface area contributed by atoms with Crippen LogP contribution in [0.4, 0.5) is 0 Å². The number of piperidine rings is 4. The van der Waals surface area contributed by atoms with Gasteiger partial charge >= 0.3 is 0 Å². The molecular weight excluding hydrogens is 1140 g/mol. The van der Waals surface area contributed by atoms with Gasteiger partial charge in [-0.25, -0.2) is 0 Å². The lowest BCUT2D eigenvalue weighted by Crippen LogP contribution is -2.80. The van der Waals surface area contributed by atoms with E-state index in [1.54, 1.807) is 30.3 Å². The van der Waals surface area contributed by atoms with Crippen LogP contribution in [0.1, 0.15) is 89.5 Å². The van der Waals surface area contributed by atoms with Gasteiger partial charge in [0, 0.05) is 59.3 Å². The molecule has 8 heterocycles. The Balaban J connectivity index is 0.0000000918. The molecule has 16 aliphatic rings. The third-order valence-corrected chi connectivity index (χ3v) is 25.3. The fourth-order valence-corrected chi connectivity index (χ4v) is 21.3. The summed E-state index contributed by atoms with van der Waals surface area (Å²) in [6.45, 7) is 3.34. The van der Waals surface area contributed by atoms with Crippen molar-refractivity contribution in [2.75, 3.05) is 61.0 Å². The van der Waals surface area contributed by atoms with Crippen molar-refractivity contribution in [3.8, 4) is 46.0 Å². The van der Waals surface area contributed by atoms with Crippen LogP contribution in [0.25, 0.3) is 0 Å². The number of nitrogens with zero attached hydrogens (tertiary/aromatic N) is 4. The largest absolute Gasteiger partial charge is 0.504 e. The summed E-state index contributed by atoms with van der Waals surface area (Å²) in [6.07, 6.45) is 10.3. The smallest absolute Gasteiger partial charge is 0.196 e. The second kappa shape index (κ2) is 18.2. The van der Waals surface area contributed by atoms with Crippen LogP contribution in [0, 0.1) is 0 Å². The number of aliphatic hydroxyl groups excluding tert-OH is 2. The average Bonchev–Trinajstić information content (AvgIpc) is 1.63. The van der Waals surface area contributed by atoms with Crippen LogP contribution < -0.4 is 18.9 Å². The second-order valence-electron chi connectivity index (χ2n) is 28.5. The topological polar surface area (TPSA) is 283 Å². The molecule has 16 atom stereocenters. The number of aliphatic hydroxyl groups is 5. The number of benzene rings is 4. The number of allylic oxidation sites excluding steroid dienone is 2. The lowest BCUT2D eigenvalue weighted by atomic mass is 9.48. The molecule has 4 spiro atoms. The minimum Gasteiger partial charge on any atom is -0.504 e. The first-order valence-electron chi connectivity index (χ1n) is 31.6. The summed E-state index contributed by atoms with van der Waals surface area (Å²) >= 11 is 0. The van der Waals surface area contributed by atoms with Gasteiger partial charge < -0.3 is 74.7 Å². The number of carbonyl (C=O) groups is 3. The maximum atomic E-state index is 12.6.